The number of rotatable bonds is 9. The van der Waals surface area contributed by atoms with E-state index in [9.17, 15) is 12.8 Å². The van der Waals surface area contributed by atoms with Gasteiger partial charge in [0.25, 0.3) is 0 Å². The minimum Gasteiger partial charge on any atom is -0.355 e. The monoisotopic (exact) mass is 504 g/mol. The number of sulfonamides is 1. The Balaban J connectivity index is 0.00000576. The van der Waals surface area contributed by atoms with Crippen molar-refractivity contribution in [2.45, 2.75) is 19.2 Å². The maximum Gasteiger partial charge on any atom is 0.211 e. The van der Waals surface area contributed by atoms with Gasteiger partial charge in [-0.25, -0.2) is 17.5 Å². The van der Waals surface area contributed by atoms with Crippen LogP contribution in [0.25, 0.3) is 0 Å². The van der Waals surface area contributed by atoms with Crippen LogP contribution in [0.1, 0.15) is 18.1 Å². The Morgan fingerprint density at radius 3 is 2.56 bits per heavy atom. The van der Waals surface area contributed by atoms with E-state index in [-0.39, 0.29) is 42.1 Å². The summed E-state index contributed by atoms with van der Waals surface area (Å²) < 4.78 is 38.5. The highest BCUT2D eigenvalue weighted by Gasteiger charge is 2.07. The molecule has 6 nitrogen and oxygen atoms in total. The van der Waals surface area contributed by atoms with Crippen molar-refractivity contribution in [3.8, 4) is 0 Å². The summed E-state index contributed by atoms with van der Waals surface area (Å²) in [6.07, 6.45) is 1.97. The van der Waals surface area contributed by atoms with Gasteiger partial charge in [-0.1, -0.05) is 6.07 Å². The fourth-order valence-electron chi connectivity index (χ4n) is 1.95. The molecule has 0 bridgehead atoms. The van der Waals surface area contributed by atoms with Crippen LogP contribution in [0, 0.1) is 5.82 Å². The zero-order valence-corrected chi connectivity index (χ0v) is 18.6. The highest BCUT2D eigenvalue weighted by Crippen LogP contribution is 2.16. The zero-order chi connectivity index (χ0) is 18.0. The van der Waals surface area contributed by atoms with Crippen LogP contribution in [0.15, 0.2) is 23.2 Å². The molecule has 0 saturated carbocycles. The van der Waals surface area contributed by atoms with Crippen LogP contribution in [-0.4, -0.2) is 46.5 Å². The smallest absolute Gasteiger partial charge is 0.211 e. The largest absolute Gasteiger partial charge is 0.355 e. The zero-order valence-electron chi connectivity index (χ0n) is 14.6. The Kier molecular flexibility index (Phi) is 12.4. The number of hydrogen-bond donors (Lipinski definition) is 3. The van der Waals surface area contributed by atoms with E-state index >= 15 is 0 Å². The van der Waals surface area contributed by atoms with Crippen molar-refractivity contribution in [2.75, 3.05) is 32.1 Å². The first-order chi connectivity index (χ1) is 11.4. The van der Waals surface area contributed by atoms with Gasteiger partial charge in [0, 0.05) is 32.4 Å². The topological polar surface area (TPSA) is 82.6 Å². The molecule has 0 atom stereocenters. The third kappa shape index (κ3) is 9.61. The van der Waals surface area contributed by atoms with Crippen LogP contribution >= 0.6 is 35.7 Å². The quantitative estimate of drug-likeness (QED) is 0.207. The van der Waals surface area contributed by atoms with Crippen molar-refractivity contribution in [1.29, 1.82) is 0 Å². The van der Waals surface area contributed by atoms with Gasteiger partial charge in [-0.2, -0.15) is 11.8 Å². The molecule has 0 amide bonds. The Bertz CT molecular complexity index is 657. The molecule has 0 aromatic heterocycles. The number of halogens is 2. The Labute approximate surface area is 170 Å². The molecule has 0 aliphatic carbocycles. The third-order valence-corrected chi connectivity index (χ3v) is 5.26. The molecule has 0 unspecified atom stereocenters. The van der Waals surface area contributed by atoms with Crippen molar-refractivity contribution < 1.29 is 12.8 Å². The number of benzene rings is 1. The summed E-state index contributed by atoms with van der Waals surface area (Å²) in [5.74, 6) is 1.11. The molecule has 10 heteroatoms. The van der Waals surface area contributed by atoms with Crippen LogP contribution < -0.4 is 15.4 Å². The second-order valence-electron chi connectivity index (χ2n) is 5.00. The van der Waals surface area contributed by atoms with Gasteiger partial charge < -0.3 is 10.6 Å². The minimum absolute atomic E-state index is 0. The summed E-state index contributed by atoms with van der Waals surface area (Å²) in [6.45, 7) is 2.80. The number of guanidine groups is 1. The van der Waals surface area contributed by atoms with E-state index in [1.54, 1.807) is 37.9 Å². The van der Waals surface area contributed by atoms with Crippen LogP contribution in [-0.2, 0) is 22.3 Å². The normalized spacial score (nSPS) is 11.8. The molecule has 0 spiro atoms. The summed E-state index contributed by atoms with van der Waals surface area (Å²) in [5, 5.41) is 6.18. The van der Waals surface area contributed by atoms with Gasteiger partial charge in [-0.05, 0) is 36.4 Å². The molecule has 0 saturated heterocycles. The lowest BCUT2D eigenvalue weighted by atomic mass is 10.1. The summed E-state index contributed by atoms with van der Waals surface area (Å²) in [7, 11) is -1.55. The SMILES string of the molecule is CCS(=O)(=O)NCCNC(=NC)NCc1ccc(F)cc1CSC.I. The van der Waals surface area contributed by atoms with Gasteiger partial charge >= 0.3 is 0 Å². The number of thioether (sulfide) groups is 1. The highest BCUT2D eigenvalue weighted by molar-refractivity contribution is 14.0. The maximum absolute atomic E-state index is 13.3. The van der Waals surface area contributed by atoms with Crippen LogP contribution in [0.5, 0.6) is 0 Å². The van der Waals surface area contributed by atoms with Crippen LogP contribution in [0.2, 0.25) is 0 Å². The third-order valence-electron chi connectivity index (χ3n) is 3.26. The lowest BCUT2D eigenvalue weighted by Crippen LogP contribution is -2.41. The molecule has 25 heavy (non-hydrogen) atoms. The fourth-order valence-corrected chi connectivity index (χ4v) is 3.14. The predicted molar refractivity (Wildman–Crippen MR) is 115 cm³/mol. The first-order valence-electron chi connectivity index (χ1n) is 7.60. The van der Waals surface area contributed by atoms with E-state index < -0.39 is 10.0 Å². The van der Waals surface area contributed by atoms with Gasteiger partial charge in [0.1, 0.15) is 5.82 Å². The molecular formula is C15H26FIN4O2S2. The second kappa shape index (κ2) is 12.7. The average Bonchev–Trinajstić information content (AvgIpc) is 2.56. The molecular weight excluding hydrogens is 478 g/mol. The van der Waals surface area contributed by atoms with E-state index in [4.69, 9.17) is 0 Å². The summed E-state index contributed by atoms with van der Waals surface area (Å²) in [4.78, 5) is 4.09. The van der Waals surface area contributed by atoms with Crippen molar-refractivity contribution in [3.63, 3.8) is 0 Å². The molecule has 0 aliphatic heterocycles. The Hall–Kier alpha value is -0.590. The molecule has 0 heterocycles. The van der Waals surface area contributed by atoms with E-state index in [0.29, 0.717) is 19.0 Å². The first kappa shape index (κ1) is 24.4. The fraction of sp³-hybridized carbons (Fsp3) is 0.533. The summed E-state index contributed by atoms with van der Waals surface area (Å²) in [6, 6.07) is 4.75. The van der Waals surface area contributed by atoms with Crippen molar-refractivity contribution in [1.82, 2.24) is 15.4 Å². The lowest BCUT2D eigenvalue weighted by molar-refractivity contribution is 0.581. The highest BCUT2D eigenvalue weighted by atomic mass is 127. The standard InChI is InChI=1S/C15H25FN4O2S2.HI/c1-4-24(21,22)20-8-7-18-15(17-2)19-10-12-5-6-14(16)9-13(12)11-23-3;/h5-6,9,20H,4,7-8,10-11H2,1-3H3,(H2,17,18,19);1H. The van der Waals surface area contributed by atoms with Gasteiger partial charge in [-0.3, -0.25) is 4.99 Å². The number of nitrogens with one attached hydrogen (secondary N) is 3. The minimum atomic E-state index is -3.18. The van der Waals surface area contributed by atoms with Gasteiger partial charge in [0.2, 0.25) is 10.0 Å². The average molecular weight is 504 g/mol. The number of aliphatic imine (C=N–C) groups is 1. The molecule has 1 rings (SSSR count). The van der Waals surface area contributed by atoms with Crippen LogP contribution in [0.3, 0.4) is 0 Å². The van der Waals surface area contributed by atoms with E-state index in [1.165, 1.54) is 6.07 Å². The van der Waals surface area contributed by atoms with Gasteiger partial charge in [0.05, 0.1) is 5.75 Å². The number of hydrogen-bond acceptors (Lipinski definition) is 4. The van der Waals surface area contributed by atoms with Gasteiger partial charge in [-0.15, -0.1) is 24.0 Å². The van der Waals surface area contributed by atoms with Crippen molar-refractivity contribution in [2.24, 2.45) is 4.99 Å². The maximum atomic E-state index is 13.3. The second-order valence-corrected chi connectivity index (χ2v) is 7.96. The van der Waals surface area contributed by atoms with Gasteiger partial charge in [0.15, 0.2) is 5.96 Å². The Morgan fingerprint density at radius 1 is 1.24 bits per heavy atom. The first-order valence-corrected chi connectivity index (χ1v) is 10.6. The molecule has 3 N–H and O–H groups in total. The number of nitrogens with zero attached hydrogens (tertiary/aromatic N) is 1. The van der Waals surface area contributed by atoms with Crippen molar-refractivity contribution >= 4 is 51.7 Å². The predicted octanol–water partition coefficient (Wildman–Crippen LogP) is 1.91. The van der Waals surface area contributed by atoms with Crippen molar-refractivity contribution in [3.05, 3.63) is 35.1 Å². The summed E-state index contributed by atoms with van der Waals surface area (Å²) in [5.41, 5.74) is 1.95. The lowest BCUT2D eigenvalue weighted by Gasteiger charge is -2.14. The van der Waals surface area contributed by atoms with E-state index in [1.807, 2.05) is 6.26 Å². The molecule has 144 valence electrons. The van der Waals surface area contributed by atoms with E-state index in [0.717, 1.165) is 16.9 Å². The summed E-state index contributed by atoms with van der Waals surface area (Å²) >= 11 is 1.63. The molecule has 0 fully saturated rings. The molecule has 1 aromatic carbocycles. The van der Waals surface area contributed by atoms with E-state index in [2.05, 4.69) is 20.3 Å². The molecule has 0 radical (unpaired) electrons. The van der Waals surface area contributed by atoms with Crippen LogP contribution in [0.4, 0.5) is 4.39 Å². The molecule has 0 aliphatic rings. The Morgan fingerprint density at radius 2 is 1.96 bits per heavy atom. The molecule has 1 aromatic rings.